The summed E-state index contributed by atoms with van der Waals surface area (Å²) >= 11 is 3.97. The van der Waals surface area contributed by atoms with Crippen LogP contribution >= 0.6 is 12.6 Å². The van der Waals surface area contributed by atoms with Crippen LogP contribution in [0.25, 0.3) is 0 Å². The average Bonchev–Trinajstić information content (AvgIpc) is 2.61. The number of carbonyl (C=O) groups is 4. The zero-order valence-electron chi connectivity index (χ0n) is 15.9. The van der Waals surface area contributed by atoms with Crippen molar-refractivity contribution in [3.8, 4) is 0 Å². The molecule has 0 aliphatic heterocycles. The maximum Gasteiger partial charge on any atom is 0.328 e. The third kappa shape index (κ3) is 8.14. The quantitative estimate of drug-likeness (QED) is 0.199. The molecule has 27 heavy (non-hydrogen) atoms. The van der Waals surface area contributed by atoms with Crippen molar-refractivity contribution < 1.29 is 29.4 Å². The van der Waals surface area contributed by atoms with Gasteiger partial charge in [0.05, 0.1) is 12.1 Å². The van der Waals surface area contributed by atoms with Crippen LogP contribution in [0, 0.1) is 5.92 Å². The van der Waals surface area contributed by atoms with Crippen LogP contribution in [0.2, 0.25) is 0 Å². The number of carboxylic acid groups (broad SMARTS) is 1. The minimum Gasteiger partial charge on any atom is -0.480 e. The molecule has 7 N–H and O–H groups in total. The number of hydrogen-bond acceptors (Lipinski definition) is 7. The van der Waals surface area contributed by atoms with Crippen LogP contribution in [0.1, 0.15) is 34.1 Å². The third-order valence-electron chi connectivity index (χ3n) is 4.17. The molecule has 0 aromatic carbocycles. The lowest BCUT2D eigenvalue weighted by Crippen LogP contribution is -2.58. The summed E-state index contributed by atoms with van der Waals surface area (Å²) in [5.41, 5.74) is 5.81. The van der Waals surface area contributed by atoms with E-state index in [4.69, 9.17) is 10.8 Å². The van der Waals surface area contributed by atoms with E-state index in [1.54, 1.807) is 0 Å². The van der Waals surface area contributed by atoms with E-state index in [2.05, 4.69) is 28.6 Å². The lowest BCUT2D eigenvalue weighted by Gasteiger charge is -2.24. The van der Waals surface area contributed by atoms with Gasteiger partial charge >= 0.3 is 5.97 Å². The fourth-order valence-electron chi connectivity index (χ4n) is 2.02. The van der Waals surface area contributed by atoms with Gasteiger partial charge in [-0.05, 0) is 19.8 Å². The third-order valence-corrected chi connectivity index (χ3v) is 4.54. The van der Waals surface area contributed by atoms with E-state index in [9.17, 15) is 24.3 Å². The lowest BCUT2D eigenvalue weighted by molar-refractivity contribution is -0.145. The first-order valence-corrected chi connectivity index (χ1v) is 9.27. The van der Waals surface area contributed by atoms with Gasteiger partial charge in [0.1, 0.15) is 12.1 Å². The number of rotatable bonds is 11. The van der Waals surface area contributed by atoms with E-state index in [1.807, 2.05) is 13.8 Å². The van der Waals surface area contributed by atoms with Crippen molar-refractivity contribution in [2.24, 2.45) is 11.7 Å². The van der Waals surface area contributed by atoms with Gasteiger partial charge in [0.25, 0.3) is 0 Å². The summed E-state index contributed by atoms with van der Waals surface area (Å²) in [4.78, 5) is 47.5. The van der Waals surface area contributed by atoms with Crippen LogP contribution in [-0.2, 0) is 19.2 Å². The number of carbonyl (C=O) groups excluding carboxylic acids is 3. The Morgan fingerprint density at radius 2 is 1.56 bits per heavy atom. The molecule has 6 atom stereocenters. The van der Waals surface area contributed by atoms with Crippen LogP contribution < -0.4 is 21.7 Å². The van der Waals surface area contributed by atoms with Crippen molar-refractivity contribution in [2.75, 3.05) is 5.75 Å². The van der Waals surface area contributed by atoms with Crippen LogP contribution in [0.5, 0.6) is 0 Å². The Bertz CT molecular complexity index is 545. The number of amides is 3. The van der Waals surface area contributed by atoms with Crippen LogP contribution in [0.3, 0.4) is 0 Å². The maximum absolute atomic E-state index is 12.2. The molecule has 0 aromatic heterocycles. The van der Waals surface area contributed by atoms with Crippen molar-refractivity contribution in [1.29, 1.82) is 0 Å². The number of nitrogens with two attached hydrogens (primary N) is 1. The topological polar surface area (TPSA) is 171 Å². The highest BCUT2D eigenvalue weighted by atomic mass is 32.1. The fourth-order valence-corrected chi connectivity index (χ4v) is 2.28. The average molecular weight is 407 g/mol. The molecule has 6 unspecified atom stereocenters. The zero-order valence-corrected chi connectivity index (χ0v) is 16.8. The molecular formula is C16H30N4O6S. The minimum absolute atomic E-state index is 0.0651. The predicted octanol–water partition coefficient (Wildman–Crippen LogP) is -1.77. The largest absolute Gasteiger partial charge is 0.480 e. The summed E-state index contributed by atoms with van der Waals surface area (Å²) in [5, 5.41) is 25.4. The summed E-state index contributed by atoms with van der Waals surface area (Å²) in [7, 11) is 0. The Balaban J connectivity index is 4.85. The van der Waals surface area contributed by atoms with Crippen molar-refractivity contribution >= 4 is 36.3 Å². The molecule has 0 fully saturated rings. The molecule has 0 radical (unpaired) electrons. The van der Waals surface area contributed by atoms with E-state index in [1.165, 1.54) is 13.8 Å². The van der Waals surface area contributed by atoms with Gasteiger partial charge in [-0.2, -0.15) is 12.6 Å². The summed E-state index contributed by atoms with van der Waals surface area (Å²) in [6.07, 6.45) is -0.631. The second kappa shape index (κ2) is 11.8. The van der Waals surface area contributed by atoms with Crippen molar-refractivity contribution in [3.63, 3.8) is 0 Å². The number of hydrogen-bond donors (Lipinski definition) is 7. The van der Waals surface area contributed by atoms with E-state index < -0.39 is 54.0 Å². The molecule has 0 heterocycles. The van der Waals surface area contributed by atoms with E-state index in [-0.39, 0.29) is 11.7 Å². The van der Waals surface area contributed by atoms with Gasteiger partial charge in [0, 0.05) is 5.75 Å². The van der Waals surface area contributed by atoms with Crippen molar-refractivity contribution in [3.05, 3.63) is 0 Å². The Hall–Kier alpha value is -1.85. The van der Waals surface area contributed by atoms with Gasteiger partial charge in [-0.15, -0.1) is 0 Å². The number of thiol groups is 1. The van der Waals surface area contributed by atoms with Gasteiger partial charge < -0.3 is 31.9 Å². The van der Waals surface area contributed by atoms with Crippen LogP contribution in [-0.4, -0.2) is 69.9 Å². The van der Waals surface area contributed by atoms with Crippen molar-refractivity contribution in [2.45, 2.75) is 64.4 Å². The number of aliphatic hydroxyl groups is 1. The highest BCUT2D eigenvalue weighted by Crippen LogP contribution is 2.05. The van der Waals surface area contributed by atoms with E-state index in [0.29, 0.717) is 6.42 Å². The molecule has 0 aromatic rings. The molecule has 11 heteroatoms. The van der Waals surface area contributed by atoms with Gasteiger partial charge in [-0.3, -0.25) is 14.4 Å². The highest BCUT2D eigenvalue weighted by Gasteiger charge is 2.30. The van der Waals surface area contributed by atoms with Gasteiger partial charge in [-0.1, -0.05) is 20.3 Å². The molecule has 0 aliphatic rings. The molecule has 0 spiro atoms. The van der Waals surface area contributed by atoms with Gasteiger partial charge in [0.15, 0.2) is 6.04 Å². The Labute approximate surface area is 164 Å². The molecule has 0 bridgehead atoms. The summed E-state index contributed by atoms with van der Waals surface area (Å²) in [6, 6.07) is -4.40. The lowest BCUT2D eigenvalue weighted by atomic mass is 9.99. The fraction of sp³-hybridized carbons (Fsp3) is 0.750. The highest BCUT2D eigenvalue weighted by molar-refractivity contribution is 7.80. The summed E-state index contributed by atoms with van der Waals surface area (Å²) in [6.45, 7) is 6.35. The van der Waals surface area contributed by atoms with E-state index >= 15 is 0 Å². The van der Waals surface area contributed by atoms with Crippen molar-refractivity contribution in [1.82, 2.24) is 16.0 Å². The first-order chi connectivity index (χ1) is 12.5. The first-order valence-electron chi connectivity index (χ1n) is 8.64. The zero-order chi connectivity index (χ0) is 21.3. The molecule has 0 saturated heterocycles. The van der Waals surface area contributed by atoms with E-state index in [0.717, 1.165) is 0 Å². The Morgan fingerprint density at radius 3 is 1.96 bits per heavy atom. The molecule has 156 valence electrons. The molecule has 10 nitrogen and oxygen atoms in total. The van der Waals surface area contributed by atoms with Gasteiger partial charge in [0.2, 0.25) is 17.7 Å². The normalized spacial score (nSPS) is 17.6. The number of nitrogens with one attached hydrogen (secondary N) is 3. The smallest absolute Gasteiger partial charge is 0.328 e. The molecule has 0 aliphatic carbocycles. The van der Waals surface area contributed by atoms with Crippen LogP contribution in [0.4, 0.5) is 0 Å². The number of carboxylic acids is 1. The summed E-state index contributed by atoms with van der Waals surface area (Å²) < 4.78 is 0. The van der Waals surface area contributed by atoms with Gasteiger partial charge in [-0.25, -0.2) is 4.79 Å². The minimum atomic E-state index is -1.53. The standard InChI is InChI=1S/C16H30N4O6S/c1-5-7(2)11(17)15(24)18-8(3)13(22)19-10(6-27)14(23)20-12(9(4)21)16(25)26/h7-12,21,27H,5-6,17H2,1-4H3,(H,18,24)(H,19,22)(H,20,23)(H,25,26). The molecular weight excluding hydrogens is 376 g/mol. The Kier molecular flexibility index (Phi) is 11.0. The Morgan fingerprint density at radius 1 is 1.00 bits per heavy atom. The van der Waals surface area contributed by atoms with Crippen LogP contribution in [0.15, 0.2) is 0 Å². The monoisotopic (exact) mass is 406 g/mol. The molecule has 0 rings (SSSR count). The first kappa shape index (κ1) is 25.1. The number of aliphatic carboxylic acids is 1. The SMILES string of the molecule is CCC(C)C(N)C(=O)NC(C)C(=O)NC(CS)C(=O)NC(C(=O)O)C(C)O. The maximum atomic E-state index is 12.2. The number of aliphatic hydroxyl groups excluding tert-OH is 1. The summed E-state index contributed by atoms with van der Waals surface area (Å²) in [5.74, 6) is -3.55. The predicted molar refractivity (Wildman–Crippen MR) is 102 cm³/mol. The molecule has 0 saturated carbocycles. The molecule has 3 amide bonds. The second-order valence-corrected chi connectivity index (χ2v) is 6.82. The second-order valence-electron chi connectivity index (χ2n) is 6.45.